The van der Waals surface area contributed by atoms with E-state index in [4.69, 9.17) is 10.00 Å². The zero-order valence-electron chi connectivity index (χ0n) is 16.6. The van der Waals surface area contributed by atoms with E-state index in [1.807, 2.05) is 0 Å². The van der Waals surface area contributed by atoms with Crippen molar-refractivity contribution in [3.8, 4) is 17.6 Å². The van der Waals surface area contributed by atoms with Crippen LogP contribution >= 0.6 is 0 Å². The normalized spacial score (nSPS) is 10.6. The predicted molar refractivity (Wildman–Crippen MR) is 110 cm³/mol. The highest BCUT2D eigenvalue weighted by atomic mass is 19.3. The number of nitrogens with zero attached hydrogens (tertiary/aromatic N) is 2. The van der Waals surface area contributed by atoms with Crippen molar-refractivity contribution in [3.05, 3.63) is 77.9 Å². The summed E-state index contributed by atoms with van der Waals surface area (Å²) in [4.78, 5) is 14.2. The molecule has 0 bridgehead atoms. The summed E-state index contributed by atoms with van der Waals surface area (Å²) in [6, 6.07) is 13.5. The van der Waals surface area contributed by atoms with Gasteiger partial charge in [-0.15, -0.1) is 6.58 Å². The first-order valence-electron chi connectivity index (χ1n) is 9.25. The molecule has 0 N–H and O–H groups in total. The van der Waals surface area contributed by atoms with Gasteiger partial charge in [-0.1, -0.05) is 24.3 Å². The van der Waals surface area contributed by atoms with E-state index in [0.29, 0.717) is 24.2 Å². The van der Waals surface area contributed by atoms with Gasteiger partial charge in [-0.3, -0.25) is 4.79 Å². The minimum absolute atomic E-state index is 0.0653. The Morgan fingerprint density at radius 1 is 1.23 bits per heavy atom. The van der Waals surface area contributed by atoms with Gasteiger partial charge >= 0.3 is 6.61 Å². The molecule has 0 spiro atoms. The maximum absolute atomic E-state index is 12.6. The number of carbonyl (C=O) groups excluding carboxylic acids is 1. The van der Waals surface area contributed by atoms with Gasteiger partial charge in [-0.05, 0) is 48.4 Å². The molecule has 0 aliphatic carbocycles. The maximum atomic E-state index is 12.6. The summed E-state index contributed by atoms with van der Waals surface area (Å²) in [6.07, 6.45) is 4.59. The third-order valence-corrected chi connectivity index (χ3v) is 4.02. The Balaban J connectivity index is 2.14. The number of rotatable bonds is 10. The predicted octanol–water partition coefficient (Wildman–Crippen LogP) is 4.79. The molecule has 0 unspecified atom stereocenters. The molecule has 7 heteroatoms. The highest BCUT2D eigenvalue weighted by molar-refractivity contribution is 5.92. The second kappa shape index (κ2) is 11.4. The number of hydrogen-bond donors (Lipinski definition) is 0. The van der Waals surface area contributed by atoms with Crippen LogP contribution in [0.15, 0.2) is 61.2 Å². The summed E-state index contributed by atoms with van der Waals surface area (Å²) in [5.74, 6) is -0.137. The van der Waals surface area contributed by atoms with Crippen molar-refractivity contribution < 1.29 is 23.0 Å². The lowest BCUT2D eigenvalue weighted by Gasteiger charge is -2.19. The van der Waals surface area contributed by atoms with Crippen molar-refractivity contribution in [2.75, 3.05) is 13.2 Å². The summed E-state index contributed by atoms with van der Waals surface area (Å²) in [5.41, 5.74) is 2.03. The molecule has 0 aliphatic heterocycles. The van der Waals surface area contributed by atoms with Gasteiger partial charge in [0.15, 0.2) is 11.5 Å². The van der Waals surface area contributed by atoms with E-state index in [1.165, 1.54) is 18.2 Å². The molecule has 2 aromatic rings. The van der Waals surface area contributed by atoms with Crippen molar-refractivity contribution >= 4 is 12.0 Å². The van der Waals surface area contributed by atoms with E-state index in [1.54, 1.807) is 54.3 Å². The smallest absolute Gasteiger partial charge is 0.387 e. The SMILES string of the molecule is C=CCN(Cc1ccc(C#N)cc1)C(=O)/C=C/c1ccc(OC(F)F)c(OCC)c1. The lowest BCUT2D eigenvalue weighted by Crippen LogP contribution is -2.29. The van der Waals surface area contributed by atoms with Gasteiger partial charge in [0.05, 0.1) is 18.2 Å². The number of amides is 1. The molecule has 0 aliphatic rings. The third kappa shape index (κ3) is 6.74. The first-order chi connectivity index (χ1) is 14.5. The Morgan fingerprint density at radius 3 is 2.57 bits per heavy atom. The Labute approximate surface area is 174 Å². The van der Waals surface area contributed by atoms with E-state index in [0.717, 1.165) is 5.56 Å². The highest BCUT2D eigenvalue weighted by Crippen LogP contribution is 2.30. The fraction of sp³-hybridized carbons (Fsp3) is 0.217. The van der Waals surface area contributed by atoms with Crippen LogP contribution in [-0.4, -0.2) is 30.6 Å². The lowest BCUT2D eigenvalue weighted by atomic mass is 10.1. The second-order valence-corrected chi connectivity index (χ2v) is 6.17. The summed E-state index contributed by atoms with van der Waals surface area (Å²) < 4.78 is 34.8. The van der Waals surface area contributed by atoms with E-state index in [2.05, 4.69) is 17.4 Å². The van der Waals surface area contributed by atoms with Crippen molar-refractivity contribution in [2.45, 2.75) is 20.1 Å². The number of hydrogen-bond acceptors (Lipinski definition) is 4. The zero-order valence-corrected chi connectivity index (χ0v) is 16.6. The molecule has 2 rings (SSSR count). The van der Waals surface area contributed by atoms with Crippen LogP contribution in [0, 0.1) is 11.3 Å². The molecule has 30 heavy (non-hydrogen) atoms. The molecule has 0 radical (unpaired) electrons. The average Bonchev–Trinajstić information content (AvgIpc) is 2.73. The highest BCUT2D eigenvalue weighted by Gasteiger charge is 2.12. The van der Waals surface area contributed by atoms with Crippen molar-refractivity contribution in [2.24, 2.45) is 0 Å². The number of alkyl halides is 2. The number of carbonyl (C=O) groups is 1. The molecule has 0 aromatic heterocycles. The van der Waals surface area contributed by atoms with Crippen LogP contribution in [0.3, 0.4) is 0 Å². The summed E-state index contributed by atoms with van der Waals surface area (Å²) in [5, 5.41) is 8.88. The number of benzene rings is 2. The zero-order chi connectivity index (χ0) is 21.9. The van der Waals surface area contributed by atoms with E-state index >= 15 is 0 Å². The summed E-state index contributed by atoms with van der Waals surface area (Å²) in [6.45, 7) is 3.43. The van der Waals surface area contributed by atoms with Gasteiger partial charge in [0, 0.05) is 19.2 Å². The fourth-order valence-corrected chi connectivity index (χ4v) is 2.66. The Morgan fingerprint density at radius 2 is 1.97 bits per heavy atom. The van der Waals surface area contributed by atoms with E-state index in [9.17, 15) is 13.6 Å². The number of nitriles is 1. The fourth-order valence-electron chi connectivity index (χ4n) is 2.66. The first-order valence-corrected chi connectivity index (χ1v) is 9.25. The number of ether oxygens (including phenoxy) is 2. The topological polar surface area (TPSA) is 62.6 Å². The quantitative estimate of drug-likeness (QED) is 0.416. The second-order valence-electron chi connectivity index (χ2n) is 6.17. The van der Waals surface area contributed by atoms with Crippen LogP contribution in [0.5, 0.6) is 11.5 Å². The first kappa shape index (κ1) is 22.6. The Bertz CT molecular complexity index is 934. The van der Waals surface area contributed by atoms with Gasteiger partial charge in [-0.2, -0.15) is 14.0 Å². The molecule has 0 saturated carbocycles. The van der Waals surface area contributed by atoms with Gasteiger partial charge in [0.25, 0.3) is 0 Å². The van der Waals surface area contributed by atoms with Crippen molar-refractivity contribution in [1.29, 1.82) is 5.26 Å². The lowest BCUT2D eigenvalue weighted by molar-refractivity contribution is -0.126. The van der Waals surface area contributed by atoms with Crippen LogP contribution in [0.1, 0.15) is 23.6 Å². The van der Waals surface area contributed by atoms with E-state index < -0.39 is 6.61 Å². The van der Waals surface area contributed by atoms with E-state index in [-0.39, 0.29) is 24.0 Å². The van der Waals surface area contributed by atoms with Gasteiger partial charge in [0.1, 0.15) is 0 Å². The largest absolute Gasteiger partial charge is 0.490 e. The van der Waals surface area contributed by atoms with Crippen LogP contribution in [-0.2, 0) is 11.3 Å². The monoisotopic (exact) mass is 412 g/mol. The van der Waals surface area contributed by atoms with Crippen LogP contribution < -0.4 is 9.47 Å². The van der Waals surface area contributed by atoms with Crippen molar-refractivity contribution in [1.82, 2.24) is 4.90 Å². The molecule has 1 amide bonds. The molecule has 0 saturated heterocycles. The van der Waals surface area contributed by atoms with Gasteiger partial charge < -0.3 is 14.4 Å². The molecular weight excluding hydrogens is 390 g/mol. The molecule has 156 valence electrons. The Kier molecular flexibility index (Phi) is 8.57. The number of halogens is 2. The van der Waals surface area contributed by atoms with Crippen LogP contribution in [0.25, 0.3) is 6.08 Å². The Hall–Kier alpha value is -3.66. The maximum Gasteiger partial charge on any atom is 0.387 e. The van der Waals surface area contributed by atoms with Gasteiger partial charge in [-0.25, -0.2) is 0 Å². The van der Waals surface area contributed by atoms with Crippen LogP contribution in [0.2, 0.25) is 0 Å². The standard InChI is InChI=1S/C23H22F2N2O3/c1-3-13-27(16-19-7-5-18(15-26)6-8-19)22(28)12-10-17-9-11-20(30-23(24)25)21(14-17)29-4-2/h3,5-12,14,23H,1,4,13,16H2,2H3/b12-10+. The summed E-state index contributed by atoms with van der Waals surface area (Å²) in [7, 11) is 0. The van der Waals surface area contributed by atoms with Crippen molar-refractivity contribution in [3.63, 3.8) is 0 Å². The molecule has 5 nitrogen and oxygen atoms in total. The third-order valence-electron chi connectivity index (χ3n) is 4.02. The van der Waals surface area contributed by atoms with Gasteiger partial charge in [0.2, 0.25) is 5.91 Å². The molecule has 0 heterocycles. The minimum Gasteiger partial charge on any atom is -0.490 e. The molecule has 0 fully saturated rings. The summed E-state index contributed by atoms with van der Waals surface area (Å²) >= 11 is 0. The average molecular weight is 412 g/mol. The minimum atomic E-state index is -2.96. The molecule has 2 aromatic carbocycles. The molecule has 0 atom stereocenters. The molecular formula is C23H22F2N2O3. The van der Waals surface area contributed by atoms with Crippen LogP contribution in [0.4, 0.5) is 8.78 Å².